The van der Waals surface area contributed by atoms with Gasteiger partial charge in [-0.2, -0.15) is 0 Å². The van der Waals surface area contributed by atoms with E-state index >= 15 is 0 Å². The molecule has 0 aliphatic heterocycles. The van der Waals surface area contributed by atoms with Crippen LogP contribution in [0.25, 0.3) is 55.9 Å². The van der Waals surface area contributed by atoms with E-state index in [0.29, 0.717) is 11.8 Å². The molecule has 2 aromatic heterocycles. The Kier molecular flexibility index (Phi) is 3.14. The second-order valence-electron chi connectivity index (χ2n) is 6.75. The van der Waals surface area contributed by atoms with Gasteiger partial charge in [-0.3, -0.25) is 0 Å². The maximum Gasteiger partial charge on any atom is 0.227 e. The Hall–Kier alpha value is -3.92. The number of hydrogen-bond acceptors (Lipinski definition) is 4. The second-order valence-corrected chi connectivity index (χ2v) is 6.75. The fourth-order valence-electron chi connectivity index (χ4n) is 3.50. The number of benzene rings is 4. The normalized spacial score (nSPS) is 11.6. The zero-order valence-electron chi connectivity index (χ0n) is 14.8. The highest BCUT2D eigenvalue weighted by Gasteiger charge is 2.11. The van der Waals surface area contributed by atoms with E-state index in [9.17, 15) is 0 Å². The zero-order valence-corrected chi connectivity index (χ0v) is 14.8. The summed E-state index contributed by atoms with van der Waals surface area (Å²) >= 11 is 0. The summed E-state index contributed by atoms with van der Waals surface area (Å²) in [6.45, 7) is 0. The molecule has 2 heterocycles. The Morgan fingerprint density at radius 1 is 0.500 bits per heavy atom. The highest BCUT2D eigenvalue weighted by atomic mass is 16.4. The summed E-state index contributed by atoms with van der Waals surface area (Å²) in [5.41, 5.74) is 5.18. The van der Waals surface area contributed by atoms with Gasteiger partial charge in [0.2, 0.25) is 11.8 Å². The van der Waals surface area contributed by atoms with Gasteiger partial charge in [-0.05, 0) is 59.3 Å². The standard InChI is InChI=1S/C24H14N2O2/c1-3-7-21-19(5-1)25-23(27-21)16-11-9-15-10-12-17(14-18(15)13-16)24-26-20-6-2-4-8-22(20)28-24/h1-14H. The fraction of sp³-hybridized carbons (Fsp3) is 0. The summed E-state index contributed by atoms with van der Waals surface area (Å²) in [5, 5.41) is 2.22. The molecule has 132 valence electrons. The minimum atomic E-state index is 0.621. The number of hydrogen-bond donors (Lipinski definition) is 0. The molecule has 6 aromatic rings. The van der Waals surface area contributed by atoms with Crippen LogP contribution in [0, 0.1) is 0 Å². The third kappa shape index (κ3) is 2.39. The molecule has 4 aromatic carbocycles. The monoisotopic (exact) mass is 362 g/mol. The van der Waals surface area contributed by atoms with E-state index < -0.39 is 0 Å². The largest absolute Gasteiger partial charge is 0.436 e. The highest BCUT2D eigenvalue weighted by molar-refractivity contribution is 5.90. The van der Waals surface area contributed by atoms with Gasteiger partial charge in [0.15, 0.2) is 11.2 Å². The van der Waals surface area contributed by atoms with E-state index in [1.807, 2.05) is 60.7 Å². The van der Waals surface area contributed by atoms with Crippen LogP contribution in [-0.4, -0.2) is 9.97 Å². The third-order valence-electron chi connectivity index (χ3n) is 4.92. The average Bonchev–Trinajstić information content (AvgIpc) is 3.37. The average molecular weight is 362 g/mol. The number of nitrogens with zero attached hydrogens (tertiary/aromatic N) is 2. The lowest BCUT2D eigenvalue weighted by Gasteiger charge is -2.03. The molecular weight excluding hydrogens is 348 g/mol. The van der Waals surface area contributed by atoms with Gasteiger partial charge < -0.3 is 8.83 Å². The van der Waals surface area contributed by atoms with Gasteiger partial charge in [-0.25, -0.2) is 9.97 Å². The smallest absolute Gasteiger partial charge is 0.227 e. The van der Waals surface area contributed by atoms with Gasteiger partial charge in [0.25, 0.3) is 0 Å². The quantitative estimate of drug-likeness (QED) is 0.355. The molecule has 0 saturated carbocycles. The minimum Gasteiger partial charge on any atom is -0.436 e. The highest BCUT2D eigenvalue weighted by Crippen LogP contribution is 2.30. The molecule has 0 bridgehead atoms. The number of para-hydroxylation sites is 4. The first-order valence-electron chi connectivity index (χ1n) is 9.09. The van der Waals surface area contributed by atoms with Crippen LogP contribution < -0.4 is 0 Å². The molecule has 0 saturated heterocycles. The lowest BCUT2D eigenvalue weighted by molar-refractivity contribution is 0.620. The third-order valence-corrected chi connectivity index (χ3v) is 4.92. The van der Waals surface area contributed by atoms with Crippen molar-refractivity contribution in [3.63, 3.8) is 0 Å². The fourth-order valence-corrected chi connectivity index (χ4v) is 3.50. The van der Waals surface area contributed by atoms with Gasteiger partial charge in [-0.15, -0.1) is 0 Å². The SMILES string of the molecule is c1ccc2oc(-c3ccc4ccc(-c5nc6ccccc6o5)cc4c3)nc2c1. The van der Waals surface area contributed by atoms with Crippen LogP contribution in [0.3, 0.4) is 0 Å². The summed E-state index contributed by atoms with van der Waals surface area (Å²) in [6.07, 6.45) is 0. The van der Waals surface area contributed by atoms with Crippen molar-refractivity contribution < 1.29 is 8.83 Å². The molecule has 4 nitrogen and oxygen atoms in total. The van der Waals surface area contributed by atoms with Gasteiger partial charge in [0, 0.05) is 11.1 Å². The van der Waals surface area contributed by atoms with Gasteiger partial charge in [0.05, 0.1) is 0 Å². The maximum absolute atomic E-state index is 5.92. The van der Waals surface area contributed by atoms with Crippen molar-refractivity contribution >= 4 is 33.0 Å². The predicted octanol–water partition coefficient (Wildman–Crippen LogP) is 6.46. The minimum absolute atomic E-state index is 0.621. The first-order valence-corrected chi connectivity index (χ1v) is 9.09. The van der Waals surface area contributed by atoms with Crippen LogP contribution in [0.2, 0.25) is 0 Å². The molecule has 0 aliphatic carbocycles. The lowest BCUT2D eigenvalue weighted by Crippen LogP contribution is -1.82. The Bertz CT molecular complexity index is 1300. The molecule has 4 heteroatoms. The Labute approximate surface area is 160 Å². The summed E-state index contributed by atoms with van der Waals surface area (Å²) in [5.74, 6) is 1.24. The molecule has 28 heavy (non-hydrogen) atoms. The van der Waals surface area contributed by atoms with Crippen LogP contribution >= 0.6 is 0 Å². The summed E-state index contributed by atoms with van der Waals surface area (Å²) in [6, 6.07) is 28.0. The topological polar surface area (TPSA) is 52.1 Å². The zero-order chi connectivity index (χ0) is 18.5. The van der Waals surface area contributed by atoms with E-state index in [0.717, 1.165) is 44.1 Å². The van der Waals surface area contributed by atoms with Crippen LogP contribution in [0.4, 0.5) is 0 Å². The first kappa shape index (κ1) is 15.2. The van der Waals surface area contributed by atoms with E-state index in [4.69, 9.17) is 8.83 Å². The van der Waals surface area contributed by atoms with Crippen LogP contribution in [0.5, 0.6) is 0 Å². The Morgan fingerprint density at radius 2 is 1.00 bits per heavy atom. The van der Waals surface area contributed by atoms with Crippen molar-refractivity contribution in [1.29, 1.82) is 0 Å². The van der Waals surface area contributed by atoms with Crippen LogP contribution in [0.1, 0.15) is 0 Å². The van der Waals surface area contributed by atoms with Crippen molar-refractivity contribution in [1.82, 2.24) is 9.97 Å². The van der Waals surface area contributed by atoms with E-state index in [1.165, 1.54) is 0 Å². The molecule has 6 rings (SSSR count). The number of rotatable bonds is 2. The lowest BCUT2D eigenvalue weighted by atomic mass is 10.0. The van der Waals surface area contributed by atoms with E-state index in [2.05, 4.69) is 34.2 Å². The summed E-state index contributed by atoms with van der Waals surface area (Å²) < 4.78 is 11.8. The van der Waals surface area contributed by atoms with Crippen molar-refractivity contribution in [2.75, 3.05) is 0 Å². The molecule has 0 atom stereocenters. The molecule has 0 spiro atoms. The summed E-state index contributed by atoms with van der Waals surface area (Å²) in [7, 11) is 0. The maximum atomic E-state index is 5.92. The Balaban J connectivity index is 1.48. The molecule has 0 radical (unpaired) electrons. The summed E-state index contributed by atoms with van der Waals surface area (Å²) in [4.78, 5) is 9.20. The second kappa shape index (κ2) is 5.79. The first-order chi connectivity index (χ1) is 13.8. The molecule has 0 unspecified atom stereocenters. The molecule has 0 aliphatic rings. The van der Waals surface area contributed by atoms with E-state index in [1.54, 1.807) is 0 Å². The van der Waals surface area contributed by atoms with Crippen LogP contribution in [0.15, 0.2) is 93.8 Å². The van der Waals surface area contributed by atoms with Gasteiger partial charge in [-0.1, -0.05) is 36.4 Å². The van der Waals surface area contributed by atoms with Crippen molar-refractivity contribution in [3.05, 3.63) is 84.9 Å². The number of oxazole rings is 2. The van der Waals surface area contributed by atoms with Crippen molar-refractivity contribution in [2.24, 2.45) is 0 Å². The molecule has 0 N–H and O–H groups in total. The molecule has 0 amide bonds. The Morgan fingerprint density at radius 3 is 1.50 bits per heavy atom. The number of aromatic nitrogens is 2. The van der Waals surface area contributed by atoms with Crippen LogP contribution in [-0.2, 0) is 0 Å². The van der Waals surface area contributed by atoms with Gasteiger partial charge in [0.1, 0.15) is 11.0 Å². The molecule has 0 fully saturated rings. The predicted molar refractivity (Wildman–Crippen MR) is 110 cm³/mol. The van der Waals surface area contributed by atoms with E-state index in [-0.39, 0.29) is 0 Å². The molecular formula is C24H14N2O2. The number of fused-ring (bicyclic) bond motifs is 3. The van der Waals surface area contributed by atoms with Crippen molar-refractivity contribution in [2.45, 2.75) is 0 Å². The van der Waals surface area contributed by atoms with Gasteiger partial charge >= 0.3 is 0 Å². The van der Waals surface area contributed by atoms with Crippen molar-refractivity contribution in [3.8, 4) is 22.9 Å².